The zero-order valence-electron chi connectivity index (χ0n) is 16.4. The van der Waals surface area contributed by atoms with E-state index in [-0.39, 0.29) is 6.10 Å². The Kier molecular flexibility index (Phi) is 5.54. The molecule has 0 saturated carbocycles. The molecule has 1 heterocycles. The summed E-state index contributed by atoms with van der Waals surface area (Å²) in [5, 5.41) is 14.6. The van der Waals surface area contributed by atoms with Crippen molar-refractivity contribution in [1.82, 2.24) is 15.2 Å². The predicted molar refractivity (Wildman–Crippen MR) is 109 cm³/mol. The van der Waals surface area contributed by atoms with Crippen molar-refractivity contribution < 1.29 is 4.74 Å². The second-order valence-corrected chi connectivity index (χ2v) is 6.88. The summed E-state index contributed by atoms with van der Waals surface area (Å²) in [5.41, 5.74) is 5.49. The lowest BCUT2D eigenvalue weighted by Gasteiger charge is -2.14. The van der Waals surface area contributed by atoms with Crippen molar-refractivity contribution >= 4 is 23.1 Å². The van der Waals surface area contributed by atoms with E-state index in [0.29, 0.717) is 11.8 Å². The standard InChI is InChI=1S/C21H25N5O/c1-13(2)27-18-8-6-17(7-9-18)23-21-25-19(12-22-26-21)24-20-15(4)10-14(3)11-16(20)5/h6-13H,1-5H3,(H2,23,24,25,26). The molecule has 3 rings (SSSR count). The van der Waals surface area contributed by atoms with E-state index >= 15 is 0 Å². The highest BCUT2D eigenvalue weighted by Crippen LogP contribution is 2.25. The number of nitrogens with zero attached hydrogens (tertiary/aromatic N) is 3. The number of anilines is 4. The second kappa shape index (κ2) is 8.03. The van der Waals surface area contributed by atoms with Gasteiger partial charge in [-0.15, -0.1) is 5.10 Å². The summed E-state index contributed by atoms with van der Waals surface area (Å²) in [7, 11) is 0. The van der Waals surface area contributed by atoms with Gasteiger partial charge in [0.15, 0.2) is 5.82 Å². The zero-order valence-corrected chi connectivity index (χ0v) is 16.4. The van der Waals surface area contributed by atoms with E-state index < -0.39 is 0 Å². The number of hydrogen-bond acceptors (Lipinski definition) is 6. The van der Waals surface area contributed by atoms with Crippen molar-refractivity contribution in [3.05, 3.63) is 59.3 Å². The van der Waals surface area contributed by atoms with Crippen molar-refractivity contribution in [3.63, 3.8) is 0 Å². The molecule has 0 aliphatic carbocycles. The Labute approximate surface area is 160 Å². The van der Waals surface area contributed by atoms with Gasteiger partial charge in [0, 0.05) is 11.4 Å². The third-order valence-corrected chi connectivity index (χ3v) is 3.97. The predicted octanol–water partition coefficient (Wildman–Crippen LogP) is 5.07. The molecule has 0 aliphatic rings. The van der Waals surface area contributed by atoms with E-state index in [9.17, 15) is 0 Å². The molecule has 0 atom stereocenters. The minimum atomic E-state index is 0.146. The lowest BCUT2D eigenvalue weighted by Crippen LogP contribution is -2.06. The maximum Gasteiger partial charge on any atom is 0.249 e. The van der Waals surface area contributed by atoms with Crippen molar-refractivity contribution in [2.24, 2.45) is 0 Å². The molecule has 0 amide bonds. The molecule has 27 heavy (non-hydrogen) atoms. The molecule has 0 bridgehead atoms. The van der Waals surface area contributed by atoms with Crippen molar-refractivity contribution in [3.8, 4) is 5.75 Å². The molecule has 2 N–H and O–H groups in total. The first-order valence-corrected chi connectivity index (χ1v) is 8.99. The fourth-order valence-electron chi connectivity index (χ4n) is 2.94. The van der Waals surface area contributed by atoms with Gasteiger partial charge in [-0.1, -0.05) is 17.7 Å². The smallest absolute Gasteiger partial charge is 0.249 e. The first-order valence-electron chi connectivity index (χ1n) is 8.99. The minimum Gasteiger partial charge on any atom is -0.491 e. The Bertz CT molecular complexity index is 899. The summed E-state index contributed by atoms with van der Waals surface area (Å²) in [6.45, 7) is 10.3. The van der Waals surface area contributed by atoms with Gasteiger partial charge in [-0.05, 0) is 70.0 Å². The number of rotatable bonds is 6. The lowest BCUT2D eigenvalue weighted by molar-refractivity contribution is 0.242. The highest BCUT2D eigenvalue weighted by atomic mass is 16.5. The van der Waals surface area contributed by atoms with Crippen molar-refractivity contribution in [2.75, 3.05) is 10.6 Å². The van der Waals surface area contributed by atoms with E-state index in [1.807, 2.05) is 38.1 Å². The van der Waals surface area contributed by atoms with Gasteiger partial charge in [0.1, 0.15) is 5.75 Å². The van der Waals surface area contributed by atoms with Gasteiger partial charge < -0.3 is 15.4 Å². The van der Waals surface area contributed by atoms with Crippen LogP contribution in [-0.2, 0) is 0 Å². The number of hydrogen-bond donors (Lipinski definition) is 2. The number of aromatic nitrogens is 3. The molecule has 0 unspecified atom stereocenters. The maximum atomic E-state index is 5.65. The summed E-state index contributed by atoms with van der Waals surface area (Å²) >= 11 is 0. The number of aryl methyl sites for hydroxylation is 3. The van der Waals surface area contributed by atoms with Crippen LogP contribution in [0.3, 0.4) is 0 Å². The van der Waals surface area contributed by atoms with Gasteiger partial charge in [-0.2, -0.15) is 10.1 Å². The van der Waals surface area contributed by atoms with Gasteiger partial charge in [0.2, 0.25) is 5.95 Å². The van der Waals surface area contributed by atoms with Crippen LogP contribution in [0.25, 0.3) is 0 Å². The Balaban J connectivity index is 1.74. The topological polar surface area (TPSA) is 72.0 Å². The summed E-state index contributed by atoms with van der Waals surface area (Å²) in [5.74, 6) is 1.90. The van der Waals surface area contributed by atoms with Crippen molar-refractivity contribution in [1.29, 1.82) is 0 Å². The highest BCUT2D eigenvalue weighted by Gasteiger charge is 2.07. The van der Waals surface area contributed by atoms with Crippen molar-refractivity contribution in [2.45, 2.75) is 40.7 Å². The van der Waals surface area contributed by atoms with Gasteiger partial charge in [-0.3, -0.25) is 0 Å². The molecule has 0 fully saturated rings. The Morgan fingerprint density at radius 2 is 1.59 bits per heavy atom. The van der Waals surface area contributed by atoms with Gasteiger partial charge in [-0.25, -0.2) is 0 Å². The molecule has 1 aromatic heterocycles. The summed E-state index contributed by atoms with van der Waals surface area (Å²) in [4.78, 5) is 4.51. The first kappa shape index (κ1) is 18.6. The monoisotopic (exact) mass is 363 g/mol. The zero-order chi connectivity index (χ0) is 19.4. The molecule has 6 nitrogen and oxygen atoms in total. The van der Waals surface area contributed by atoms with Crippen LogP contribution in [0.2, 0.25) is 0 Å². The van der Waals surface area contributed by atoms with E-state index in [2.05, 4.69) is 58.7 Å². The van der Waals surface area contributed by atoms with Crippen LogP contribution in [-0.4, -0.2) is 21.3 Å². The van der Waals surface area contributed by atoms with Gasteiger partial charge in [0.25, 0.3) is 0 Å². The number of nitrogens with one attached hydrogen (secondary N) is 2. The molecule has 0 aliphatic heterocycles. The van der Waals surface area contributed by atoms with Crippen LogP contribution in [0.1, 0.15) is 30.5 Å². The molecule has 6 heteroatoms. The third kappa shape index (κ3) is 4.94. The molecule has 2 aromatic carbocycles. The quantitative estimate of drug-likeness (QED) is 0.637. The molecular weight excluding hydrogens is 338 g/mol. The van der Waals surface area contributed by atoms with Gasteiger partial charge in [0.05, 0.1) is 12.3 Å². The molecule has 3 aromatic rings. The largest absolute Gasteiger partial charge is 0.491 e. The summed E-state index contributed by atoms with van der Waals surface area (Å²) < 4.78 is 5.65. The van der Waals surface area contributed by atoms with E-state index in [1.54, 1.807) is 6.20 Å². The van der Waals surface area contributed by atoms with Crippen LogP contribution in [0.5, 0.6) is 5.75 Å². The number of benzene rings is 2. The van der Waals surface area contributed by atoms with E-state index in [4.69, 9.17) is 4.74 Å². The van der Waals surface area contributed by atoms with Crippen LogP contribution >= 0.6 is 0 Å². The normalized spacial score (nSPS) is 10.7. The highest BCUT2D eigenvalue weighted by molar-refractivity contribution is 5.65. The molecule has 0 spiro atoms. The average Bonchev–Trinajstić information content (AvgIpc) is 2.60. The summed E-state index contributed by atoms with van der Waals surface area (Å²) in [6, 6.07) is 12.0. The van der Waals surface area contributed by atoms with E-state index in [1.165, 1.54) is 16.7 Å². The third-order valence-electron chi connectivity index (χ3n) is 3.97. The van der Waals surface area contributed by atoms with E-state index in [0.717, 1.165) is 17.1 Å². The SMILES string of the molecule is Cc1cc(C)c(Nc2cnnc(Nc3ccc(OC(C)C)cc3)n2)c(C)c1. The molecule has 140 valence electrons. The molecule has 0 radical (unpaired) electrons. The Morgan fingerprint density at radius 1 is 0.926 bits per heavy atom. The lowest BCUT2D eigenvalue weighted by atomic mass is 10.1. The van der Waals surface area contributed by atoms with Gasteiger partial charge >= 0.3 is 0 Å². The average molecular weight is 363 g/mol. The minimum absolute atomic E-state index is 0.146. The van der Waals surface area contributed by atoms with Crippen LogP contribution in [0, 0.1) is 20.8 Å². The molecule has 0 saturated heterocycles. The van der Waals surface area contributed by atoms with Crippen LogP contribution < -0.4 is 15.4 Å². The summed E-state index contributed by atoms with van der Waals surface area (Å²) in [6.07, 6.45) is 1.76. The fourth-order valence-corrected chi connectivity index (χ4v) is 2.94. The second-order valence-electron chi connectivity index (χ2n) is 6.88. The maximum absolute atomic E-state index is 5.65. The molecular formula is C21H25N5O. The number of ether oxygens (including phenoxy) is 1. The Morgan fingerprint density at radius 3 is 2.22 bits per heavy atom. The van der Waals surface area contributed by atoms with Crippen LogP contribution in [0.4, 0.5) is 23.1 Å². The fraction of sp³-hybridized carbons (Fsp3) is 0.286. The Hall–Kier alpha value is -3.15. The van der Waals surface area contributed by atoms with Crippen LogP contribution in [0.15, 0.2) is 42.6 Å². The first-order chi connectivity index (χ1) is 12.9.